The fourth-order valence-corrected chi connectivity index (χ4v) is 6.07. The van der Waals surface area contributed by atoms with Gasteiger partial charge in [0.05, 0.1) is 38.5 Å². The number of hydrogen-bond acceptors (Lipinski definition) is 4. The van der Waals surface area contributed by atoms with Gasteiger partial charge in [-0.2, -0.15) is 9.40 Å². The first kappa shape index (κ1) is 22.6. The van der Waals surface area contributed by atoms with E-state index in [2.05, 4.69) is 21.0 Å². The lowest BCUT2D eigenvalue weighted by Crippen LogP contribution is -2.36. The molecule has 2 aromatic rings. The van der Waals surface area contributed by atoms with Gasteiger partial charge in [-0.1, -0.05) is 29.6 Å². The van der Waals surface area contributed by atoms with Crippen LogP contribution in [0.15, 0.2) is 27.7 Å². The Labute approximate surface area is 188 Å². The molecule has 2 heterocycles. The summed E-state index contributed by atoms with van der Waals surface area (Å²) in [6.07, 6.45) is 4.25. The molecule has 0 spiro atoms. The maximum absolute atomic E-state index is 13.1. The van der Waals surface area contributed by atoms with Gasteiger partial charge in [-0.25, -0.2) is 8.42 Å². The van der Waals surface area contributed by atoms with E-state index in [1.165, 1.54) is 21.3 Å². The van der Waals surface area contributed by atoms with Crippen molar-refractivity contribution in [1.29, 1.82) is 0 Å². The Morgan fingerprint density at radius 2 is 1.86 bits per heavy atom. The lowest BCUT2D eigenvalue weighted by Gasteiger charge is -2.26. The fourth-order valence-electron chi connectivity index (χ4n) is 3.25. The van der Waals surface area contributed by atoms with Crippen molar-refractivity contribution in [3.05, 3.63) is 44.1 Å². The summed E-state index contributed by atoms with van der Waals surface area (Å²) in [5, 5.41) is 4.25. The average Bonchev–Trinajstić information content (AvgIpc) is 3.00. The fraction of sp³-hybridized carbons (Fsp3) is 0.444. The number of piperidine rings is 1. The number of rotatable bonds is 5. The molecular formula is C18H21BrCl2N4O3S. The van der Waals surface area contributed by atoms with Gasteiger partial charge in [0.2, 0.25) is 10.0 Å². The predicted molar refractivity (Wildman–Crippen MR) is 116 cm³/mol. The Morgan fingerprint density at radius 1 is 1.21 bits per heavy atom. The molecule has 158 valence electrons. The molecule has 1 saturated heterocycles. The van der Waals surface area contributed by atoms with Crippen molar-refractivity contribution in [3.8, 4) is 0 Å². The van der Waals surface area contributed by atoms with Crippen LogP contribution in [0, 0.1) is 0 Å². The van der Waals surface area contributed by atoms with E-state index >= 15 is 0 Å². The lowest BCUT2D eigenvalue weighted by atomic mass is 10.2. The Kier molecular flexibility index (Phi) is 6.95. The molecule has 0 atom stereocenters. The minimum Gasteiger partial charge on any atom is -0.336 e. The van der Waals surface area contributed by atoms with Gasteiger partial charge in [-0.15, -0.1) is 0 Å². The van der Waals surface area contributed by atoms with Gasteiger partial charge in [0.15, 0.2) is 0 Å². The number of benzene rings is 1. The number of aryl methyl sites for hydroxylation is 1. The summed E-state index contributed by atoms with van der Waals surface area (Å²) in [4.78, 5) is 14.4. The zero-order chi connectivity index (χ0) is 21.3. The summed E-state index contributed by atoms with van der Waals surface area (Å²) in [6, 6.07) is 2.60. The molecule has 11 heteroatoms. The molecule has 0 radical (unpaired) electrons. The van der Waals surface area contributed by atoms with Gasteiger partial charge >= 0.3 is 0 Å². The van der Waals surface area contributed by atoms with Crippen LogP contribution >= 0.6 is 39.1 Å². The molecule has 1 aromatic carbocycles. The van der Waals surface area contributed by atoms with Gasteiger partial charge in [0.1, 0.15) is 4.90 Å². The Morgan fingerprint density at radius 3 is 2.45 bits per heavy atom. The number of carbonyl (C=O) groups excluding carboxylic acids is 1. The molecule has 1 amide bonds. The number of hydrogen-bond donors (Lipinski definition) is 0. The molecule has 0 saturated carbocycles. The Hall–Kier alpha value is -1.13. The van der Waals surface area contributed by atoms with Crippen LogP contribution in [0.25, 0.3) is 0 Å². The van der Waals surface area contributed by atoms with Crippen LogP contribution in [-0.2, 0) is 23.6 Å². The minimum atomic E-state index is -3.80. The van der Waals surface area contributed by atoms with Crippen LogP contribution < -0.4 is 0 Å². The summed E-state index contributed by atoms with van der Waals surface area (Å²) < 4.78 is 30.0. The quantitative estimate of drug-likeness (QED) is 0.594. The molecule has 29 heavy (non-hydrogen) atoms. The highest BCUT2D eigenvalue weighted by molar-refractivity contribution is 9.10. The third-order valence-electron chi connectivity index (χ3n) is 4.93. The zero-order valence-corrected chi connectivity index (χ0v) is 19.9. The molecule has 3 rings (SSSR count). The monoisotopic (exact) mass is 522 g/mol. The molecule has 7 nitrogen and oxygen atoms in total. The summed E-state index contributed by atoms with van der Waals surface area (Å²) in [6.45, 7) is 1.15. The van der Waals surface area contributed by atoms with E-state index in [-0.39, 0.29) is 27.0 Å². The second kappa shape index (κ2) is 8.93. The molecule has 1 aliphatic heterocycles. The molecular weight excluding hydrogens is 503 g/mol. The maximum Gasteiger partial charge on any atom is 0.255 e. The van der Waals surface area contributed by atoms with E-state index in [9.17, 15) is 13.2 Å². The lowest BCUT2D eigenvalue weighted by molar-refractivity contribution is 0.0781. The number of sulfonamides is 1. The van der Waals surface area contributed by atoms with Crippen molar-refractivity contribution in [2.24, 2.45) is 7.05 Å². The molecule has 0 N–H and O–H groups in total. The highest BCUT2D eigenvalue weighted by atomic mass is 79.9. The SMILES string of the molecule is CN(Cc1c(Br)cnn1C)C(=O)c1cc(S(=O)(=O)N2CCCCC2)c(Cl)cc1Cl. The number of aromatic nitrogens is 2. The van der Waals surface area contributed by atoms with E-state index in [0.717, 1.165) is 29.4 Å². The van der Waals surface area contributed by atoms with Crippen LogP contribution in [-0.4, -0.2) is 53.4 Å². The second-order valence-corrected chi connectivity index (χ2v) is 10.5. The average molecular weight is 524 g/mol. The zero-order valence-electron chi connectivity index (χ0n) is 16.0. The first-order valence-electron chi connectivity index (χ1n) is 9.04. The molecule has 0 unspecified atom stereocenters. The number of carbonyl (C=O) groups is 1. The summed E-state index contributed by atoms with van der Waals surface area (Å²) >= 11 is 15.9. The Bertz CT molecular complexity index is 1020. The van der Waals surface area contributed by atoms with Gasteiger partial charge in [-0.3, -0.25) is 9.48 Å². The highest BCUT2D eigenvalue weighted by Gasteiger charge is 2.30. The molecule has 1 aromatic heterocycles. The molecule has 0 bridgehead atoms. The topological polar surface area (TPSA) is 75.5 Å². The van der Waals surface area contributed by atoms with Crippen LogP contribution in [0.1, 0.15) is 35.3 Å². The van der Waals surface area contributed by atoms with E-state index in [4.69, 9.17) is 23.2 Å². The smallest absolute Gasteiger partial charge is 0.255 e. The van der Waals surface area contributed by atoms with Crippen LogP contribution in [0.2, 0.25) is 10.0 Å². The molecule has 1 aliphatic rings. The van der Waals surface area contributed by atoms with Crippen molar-refractivity contribution in [2.45, 2.75) is 30.7 Å². The number of nitrogens with zero attached hydrogens (tertiary/aromatic N) is 4. The van der Waals surface area contributed by atoms with E-state index in [1.807, 2.05) is 0 Å². The first-order valence-corrected chi connectivity index (χ1v) is 12.0. The van der Waals surface area contributed by atoms with Gasteiger partial charge in [-0.05, 0) is 40.9 Å². The molecule has 0 aliphatic carbocycles. The van der Waals surface area contributed by atoms with Crippen molar-refractivity contribution in [1.82, 2.24) is 19.0 Å². The summed E-state index contributed by atoms with van der Waals surface area (Å²) in [7, 11) is -0.413. The highest BCUT2D eigenvalue weighted by Crippen LogP contribution is 2.32. The minimum absolute atomic E-state index is 0.00848. The predicted octanol–water partition coefficient (Wildman–Crippen LogP) is 3.94. The largest absolute Gasteiger partial charge is 0.336 e. The standard InChI is InChI=1S/C18H21BrCl2N4O3S/c1-23(11-16-13(19)10-22-24(16)2)18(26)12-8-17(15(21)9-14(12)20)29(27,28)25-6-4-3-5-7-25/h8-10H,3-7,11H2,1-2H3. The first-order chi connectivity index (χ1) is 13.6. The van der Waals surface area contributed by atoms with Gasteiger partial charge in [0, 0.05) is 27.2 Å². The van der Waals surface area contributed by atoms with E-state index < -0.39 is 15.9 Å². The third kappa shape index (κ3) is 4.64. The van der Waals surface area contributed by atoms with Crippen molar-refractivity contribution in [2.75, 3.05) is 20.1 Å². The van der Waals surface area contributed by atoms with E-state index in [0.29, 0.717) is 13.1 Å². The summed E-state index contributed by atoms with van der Waals surface area (Å²) in [5.41, 5.74) is 0.888. The van der Waals surface area contributed by atoms with Gasteiger partial charge < -0.3 is 4.90 Å². The van der Waals surface area contributed by atoms with E-state index in [1.54, 1.807) is 25.0 Å². The van der Waals surface area contributed by atoms with Crippen LogP contribution in [0.4, 0.5) is 0 Å². The normalized spacial score (nSPS) is 15.5. The van der Waals surface area contributed by atoms with Crippen molar-refractivity contribution in [3.63, 3.8) is 0 Å². The van der Waals surface area contributed by atoms with Crippen LogP contribution in [0.3, 0.4) is 0 Å². The Balaban J connectivity index is 1.93. The number of halogens is 3. The second-order valence-electron chi connectivity index (χ2n) is 6.95. The van der Waals surface area contributed by atoms with Gasteiger partial charge in [0.25, 0.3) is 5.91 Å². The van der Waals surface area contributed by atoms with Crippen molar-refractivity contribution >= 4 is 55.1 Å². The maximum atomic E-state index is 13.1. The third-order valence-corrected chi connectivity index (χ3v) is 8.27. The number of amides is 1. The molecule has 1 fully saturated rings. The summed E-state index contributed by atoms with van der Waals surface area (Å²) in [5.74, 6) is -0.408. The van der Waals surface area contributed by atoms with Crippen molar-refractivity contribution < 1.29 is 13.2 Å². The van der Waals surface area contributed by atoms with Crippen LogP contribution in [0.5, 0.6) is 0 Å².